The van der Waals surface area contributed by atoms with Gasteiger partial charge >= 0.3 is 17.8 Å². The second-order valence-corrected chi connectivity index (χ2v) is 7.24. The van der Waals surface area contributed by atoms with E-state index in [0.29, 0.717) is 6.42 Å². The standard InChI is InChI=1S/C24H23FN4O6/c1-2-7-20(29-23(33)22(32)28-19-11-6-5-10-18(19)25)21(31)27-13-16(30)14-35-24(34)17-9-4-3-8-15(17)12-26/h3-6,8-11,20H,2,7,13-14H2,1H3,(H,27,31)(H,28,32)(H,29,33). The summed E-state index contributed by atoms with van der Waals surface area (Å²) in [7, 11) is 0. The van der Waals surface area contributed by atoms with Crippen molar-refractivity contribution in [3.05, 3.63) is 65.5 Å². The number of nitriles is 1. The number of benzene rings is 2. The Labute approximate surface area is 200 Å². The van der Waals surface area contributed by atoms with Gasteiger partial charge in [0, 0.05) is 0 Å². The van der Waals surface area contributed by atoms with E-state index in [0.717, 1.165) is 6.07 Å². The topological polar surface area (TPSA) is 154 Å². The predicted octanol–water partition coefficient (Wildman–Crippen LogP) is 1.46. The SMILES string of the molecule is CCCC(NC(=O)C(=O)Nc1ccccc1F)C(=O)NCC(=O)COC(=O)c1ccccc1C#N. The average molecular weight is 482 g/mol. The molecule has 0 aliphatic heterocycles. The summed E-state index contributed by atoms with van der Waals surface area (Å²) in [6.45, 7) is 0.605. The third-order valence-corrected chi connectivity index (χ3v) is 4.62. The first-order chi connectivity index (χ1) is 16.8. The van der Waals surface area contributed by atoms with Crippen LogP contribution in [0.5, 0.6) is 0 Å². The molecule has 2 aromatic rings. The summed E-state index contributed by atoms with van der Waals surface area (Å²) >= 11 is 0. The van der Waals surface area contributed by atoms with Gasteiger partial charge in [0.15, 0.2) is 12.4 Å². The van der Waals surface area contributed by atoms with Gasteiger partial charge in [-0.3, -0.25) is 19.2 Å². The van der Waals surface area contributed by atoms with Crippen molar-refractivity contribution in [3.63, 3.8) is 0 Å². The van der Waals surface area contributed by atoms with Gasteiger partial charge in [-0.1, -0.05) is 37.6 Å². The fourth-order valence-corrected chi connectivity index (χ4v) is 2.87. The lowest BCUT2D eigenvalue weighted by Gasteiger charge is -2.17. The third-order valence-electron chi connectivity index (χ3n) is 4.62. The Morgan fingerprint density at radius 1 is 1.03 bits per heavy atom. The highest BCUT2D eigenvalue weighted by atomic mass is 19.1. The van der Waals surface area contributed by atoms with Crippen LogP contribution in [0.2, 0.25) is 0 Å². The Kier molecular flexibility index (Phi) is 10.1. The lowest BCUT2D eigenvalue weighted by molar-refractivity contribution is -0.138. The van der Waals surface area contributed by atoms with Crippen LogP contribution < -0.4 is 16.0 Å². The number of hydrogen-bond donors (Lipinski definition) is 3. The van der Waals surface area contributed by atoms with Crippen LogP contribution in [0.1, 0.15) is 35.7 Å². The summed E-state index contributed by atoms with van der Waals surface area (Å²) < 4.78 is 18.6. The summed E-state index contributed by atoms with van der Waals surface area (Å²) in [5.41, 5.74) is -0.0941. The van der Waals surface area contributed by atoms with E-state index in [1.54, 1.807) is 13.0 Å². The molecule has 2 aromatic carbocycles. The number of halogens is 1. The lowest BCUT2D eigenvalue weighted by Crippen LogP contribution is -2.50. The monoisotopic (exact) mass is 482 g/mol. The summed E-state index contributed by atoms with van der Waals surface area (Å²) in [5, 5.41) is 15.7. The molecule has 10 nitrogen and oxygen atoms in total. The van der Waals surface area contributed by atoms with E-state index in [1.807, 2.05) is 6.07 Å². The molecule has 0 aromatic heterocycles. The molecule has 0 saturated carbocycles. The van der Waals surface area contributed by atoms with Crippen LogP contribution in [-0.4, -0.2) is 48.7 Å². The molecule has 182 valence electrons. The lowest BCUT2D eigenvalue weighted by atomic mass is 10.1. The number of hydrogen-bond acceptors (Lipinski definition) is 7. The molecule has 3 amide bonds. The molecule has 35 heavy (non-hydrogen) atoms. The Hall–Kier alpha value is -4.59. The minimum absolute atomic E-state index is 0.00576. The quantitative estimate of drug-likeness (QED) is 0.342. The number of para-hydroxylation sites is 1. The maximum atomic E-state index is 13.7. The first-order valence-corrected chi connectivity index (χ1v) is 10.6. The molecule has 0 bridgehead atoms. The van der Waals surface area contributed by atoms with Crippen molar-refractivity contribution in [1.82, 2.24) is 10.6 Å². The Bertz CT molecular complexity index is 1160. The fourth-order valence-electron chi connectivity index (χ4n) is 2.87. The largest absolute Gasteiger partial charge is 0.454 e. The summed E-state index contributed by atoms with van der Waals surface area (Å²) in [6.07, 6.45) is 0.635. The number of carbonyl (C=O) groups is 5. The van der Waals surface area contributed by atoms with Crippen molar-refractivity contribution in [2.24, 2.45) is 0 Å². The predicted molar refractivity (Wildman–Crippen MR) is 121 cm³/mol. The zero-order valence-electron chi connectivity index (χ0n) is 18.8. The molecular formula is C24H23FN4O6. The highest BCUT2D eigenvalue weighted by Crippen LogP contribution is 2.12. The van der Waals surface area contributed by atoms with Crippen LogP contribution in [0.15, 0.2) is 48.5 Å². The summed E-state index contributed by atoms with van der Waals surface area (Å²) in [5.74, 6) is -5.28. The molecule has 0 fully saturated rings. The van der Waals surface area contributed by atoms with Crippen LogP contribution in [-0.2, 0) is 23.9 Å². The molecule has 0 aliphatic carbocycles. The van der Waals surface area contributed by atoms with E-state index in [1.165, 1.54) is 36.4 Å². The maximum Gasteiger partial charge on any atom is 0.339 e. The molecular weight excluding hydrogens is 459 g/mol. The van der Waals surface area contributed by atoms with Crippen LogP contribution >= 0.6 is 0 Å². The van der Waals surface area contributed by atoms with Crippen molar-refractivity contribution in [2.45, 2.75) is 25.8 Å². The zero-order chi connectivity index (χ0) is 25.8. The second kappa shape index (κ2) is 13.2. The molecule has 0 heterocycles. The second-order valence-electron chi connectivity index (χ2n) is 7.24. The first-order valence-electron chi connectivity index (χ1n) is 10.6. The van der Waals surface area contributed by atoms with E-state index in [9.17, 15) is 28.4 Å². The van der Waals surface area contributed by atoms with Gasteiger partial charge in [-0.15, -0.1) is 0 Å². The molecule has 1 atom stereocenters. The van der Waals surface area contributed by atoms with E-state index in [2.05, 4.69) is 16.0 Å². The van der Waals surface area contributed by atoms with Gasteiger partial charge in [0.2, 0.25) is 5.91 Å². The minimum Gasteiger partial charge on any atom is -0.454 e. The van der Waals surface area contributed by atoms with Crippen molar-refractivity contribution >= 4 is 35.2 Å². The Morgan fingerprint density at radius 3 is 2.40 bits per heavy atom. The number of Topliss-reactive ketones (excluding diaryl/α,β-unsaturated/α-hetero) is 1. The highest BCUT2D eigenvalue weighted by molar-refractivity contribution is 6.40. The van der Waals surface area contributed by atoms with Gasteiger partial charge in [0.1, 0.15) is 17.9 Å². The van der Waals surface area contributed by atoms with Crippen molar-refractivity contribution in [1.29, 1.82) is 5.26 Å². The highest BCUT2D eigenvalue weighted by Gasteiger charge is 2.24. The van der Waals surface area contributed by atoms with Gasteiger partial charge in [-0.25, -0.2) is 9.18 Å². The number of anilines is 1. The van der Waals surface area contributed by atoms with E-state index >= 15 is 0 Å². The first kappa shape index (κ1) is 26.7. The maximum absolute atomic E-state index is 13.7. The smallest absolute Gasteiger partial charge is 0.339 e. The van der Waals surface area contributed by atoms with Crippen molar-refractivity contribution < 1.29 is 33.1 Å². The zero-order valence-corrected chi connectivity index (χ0v) is 18.8. The van der Waals surface area contributed by atoms with Gasteiger partial charge in [0.25, 0.3) is 0 Å². The van der Waals surface area contributed by atoms with Gasteiger partial charge < -0.3 is 20.7 Å². The molecule has 0 spiro atoms. The van der Waals surface area contributed by atoms with Crippen molar-refractivity contribution in [2.75, 3.05) is 18.5 Å². The van der Waals surface area contributed by atoms with Crippen LogP contribution in [0.4, 0.5) is 10.1 Å². The number of nitrogens with one attached hydrogen (secondary N) is 3. The molecule has 0 saturated heterocycles. The molecule has 0 aliphatic rings. The van der Waals surface area contributed by atoms with Crippen molar-refractivity contribution in [3.8, 4) is 6.07 Å². The molecule has 11 heteroatoms. The summed E-state index contributed by atoms with van der Waals surface area (Å²) in [6, 6.07) is 11.9. The van der Waals surface area contributed by atoms with Gasteiger partial charge in [-0.05, 0) is 30.7 Å². The molecule has 3 N–H and O–H groups in total. The molecule has 0 radical (unpaired) electrons. The number of nitrogens with zero attached hydrogens (tertiary/aromatic N) is 1. The normalized spacial score (nSPS) is 10.9. The van der Waals surface area contributed by atoms with Crippen LogP contribution in [0.25, 0.3) is 0 Å². The van der Waals surface area contributed by atoms with E-state index in [-0.39, 0.29) is 23.2 Å². The summed E-state index contributed by atoms with van der Waals surface area (Å²) in [4.78, 5) is 60.8. The average Bonchev–Trinajstić information content (AvgIpc) is 2.86. The number of esters is 1. The van der Waals surface area contributed by atoms with Crippen LogP contribution in [0, 0.1) is 17.1 Å². The van der Waals surface area contributed by atoms with Gasteiger partial charge in [-0.2, -0.15) is 5.26 Å². The Balaban J connectivity index is 1.85. The number of ether oxygens (including phenoxy) is 1. The fraction of sp³-hybridized carbons (Fsp3) is 0.250. The molecule has 2 rings (SSSR count). The van der Waals surface area contributed by atoms with E-state index in [4.69, 9.17) is 10.00 Å². The van der Waals surface area contributed by atoms with E-state index < -0.39 is 54.5 Å². The van der Waals surface area contributed by atoms with Gasteiger partial charge in [0.05, 0.1) is 23.4 Å². The number of carbonyl (C=O) groups excluding carboxylic acids is 5. The third kappa shape index (κ3) is 8.04. The van der Waals surface area contributed by atoms with Crippen LogP contribution in [0.3, 0.4) is 0 Å². The minimum atomic E-state index is -1.16. The number of ketones is 1. The number of rotatable bonds is 10. The Morgan fingerprint density at radius 2 is 1.71 bits per heavy atom. The number of amides is 3. The molecule has 1 unspecified atom stereocenters.